The molecule has 6 nitrogen and oxygen atoms in total. The van der Waals surface area contributed by atoms with E-state index in [4.69, 9.17) is 0 Å². The molecule has 0 aromatic carbocycles. The van der Waals surface area contributed by atoms with Gasteiger partial charge in [0.05, 0.1) is 6.54 Å². The molecule has 0 bridgehead atoms. The lowest BCUT2D eigenvalue weighted by atomic mass is 10.4. The van der Waals surface area contributed by atoms with E-state index in [1.165, 1.54) is 0 Å². The number of carbonyl (C=O) groups is 1. The van der Waals surface area contributed by atoms with Gasteiger partial charge in [-0.3, -0.25) is 9.78 Å². The smallest absolute Gasteiger partial charge is 0.241 e. The molecule has 3 heterocycles. The van der Waals surface area contributed by atoms with Crippen LogP contribution in [0.25, 0.3) is 11.2 Å². The largest absolute Gasteiger partial charge is 0.361 e. The van der Waals surface area contributed by atoms with Crippen LogP contribution in [-0.2, 0) is 4.79 Å². The predicted octanol–water partition coefficient (Wildman–Crippen LogP) is 1.06. The van der Waals surface area contributed by atoms with Crippen LogP contribution in [0.3, 0.4) is 0 Å². The number of nitrogens with one attached hydrogen (secondary N) is 1. The van der Waals surface area contributed by atoms with E-state index in [-0.39, 0.29) is 12.5 Å². The Morgan fingerprint density at radius 1 is 1.21 bits per heavy atom. The van der Waals surface area contributed by atoms with E-state index >= 15 is 0 Å². The molecular formula is C13H15N5O. The summed E-state index contributed by atoms with van der Waals surface area (Å²) in [7, 11) is 0. The first kappa shape index (κ1) is 11.8. The number of hydrogen-bond donors (Lipinski definition) is 1. The highest BCUT2D eigenvalue weighted by Crippen LogP contribution is 2.11. The lowest BCUT2D eigenvalue weighted by molar-refractivity contribution is -0.128. The van der Waals surface area contributed by atoms with Crippen molar-refractivity contribution in [3.05, 3.63) is 24.5 Å². The summed E-state index contributed by atoms with van der Waals surface area (Å²) in [5.41, 5.74) is 1.33. The van der Waals surface area contributed by atoms with Crippen molar-refractivity contribution < 1.29 is 4.79 Å². The second-order valence-corrected chi connectivity index (χ2v) is 4.54. The van der Waals surface area contributed by atoms with E-state index in [1.54, 1.807) is 12.4 Å². The number of nitrogens with zero attached hydrogens (tertiary/aromatic N) is 4. The highest BCUT2D eigenvalue weighted by molar-refractivity contribution is 5.81. The maximum Gasteiger partial charge on any atom is 0.241 e. The molecule has 3 rings (SSSR count). The maximum atomic E-state index is 11.9. The second kappa shape index (κ2) is 5.17. The van der Waals surface area contributed by atoms with Crippen molar-refractivity contribution in [2.24, 2.45) is 0 Å². The number of likely N-dealkylation sites (tertiary alicyclic amines) is 1. The number of hydrogen-bond acceptors (Lipinski definition) is 5. The Morgan fingerprint density at radius 2 is 2.00 bits per heavy atom. The molecule has 1 N–H and O–H groups in total. The lowest BCUT2D eigenvalue weighted by Gasteiger charge is -2.15. The van der Waals surface area contributed by atoms with E-state index in [9.17, 15) is 4.79 Å². The summed E-state index contributed by atoms with van der Waals surface area (Å²) in [4.78, 5) is 26.4. The van der Waals surface area contributed by atoms with Crippen LogP contribution in [0, 0.1) is 0 Å². The average Bonchev–Trinajstić information content (AvgIpc) is 2.99. The van der Waals surface area contributed by atoms with Gasteiger partial charge in [0.15, 0.2) is 5.65 Å². The van der Waals surface area contributed by atoms with Gasteiger partial charge in [-0.25, -0.2) is 9.97 Å². The van der Waals surface area contributed by atoms with Crippen molar-refractivity contribution >= 4 is 22.9 Å². The van der Waals surface area contributed by atoms with E-state index in [0.717, 1.165) is 31.4 Å². The van der Waals surface area contributed by atoms with Gasteiger partial charge in [0.1, 0.15) is 11.3 Å². The molecule has 0 saturated carbocycles. The first-order chi connectivity index (χ1) is 9.33. The third kappa shape index (κ3) is 2.62. The summed E-state index contributed by atoms with van der Waals surface area (Å²) in [5.74, 6) is 0.777. The summed E-state index contributed by atoms with van der Waals surface area (Å²) >= 11 is 0. The molecule has 0 unspecified atom stereocenters. The number of pyridine rings is 1. The van der Waals surface area contributed by atoms with E-state index < -0.39 is 0 Å². The first-order valence-corrected chi connectivity index (χ1v) is 6.42. The maximum absolute atomic E-state index is 11.9. The normalized spacial score (nSPS) is 14.8. The molecular weight excluding hydrogens is 242 g/mol. The fourth-order valence-corrected chi connectivity index (χ4v) is 2.20. The molecule has 2 aromatic rings. The van der Waals surface area contributed by atoms with Crippen LogP contribution >= 0.6 is 0 Å². The third-order valence-electron chi connectivity index (χ3n) is 3.21. The van der Waals surface area contributed by atoms with Crippen molar-refractivity contribution in [1.29, 1.82) is 0 Å². The van der Waals surface area contributed by atoms with Crippen LogP contribution < -0.4 is 5.32 Å². The SMILES string of the molecule is O=C(CNc1ccc2nccnc2n1)N1CCCC1. The van der Waals surface area contributed by atoms with Gasteiger partial charge in [-0.15, -0.1) is 0 Å². The number of fused-ring (bicyclic) bond motifs is 1. The Balaban J connectivity index is 1.66. The molecule has 0 aliphatic carbocycles. The highest BCUT2D eigenvalue weighted by atomic mass is 16.2. The van der Waals surface area contributed by atoms with Crippen LogP contribution in [0.2, 0.25) is 0 Å². The molecule has 2 aromatic heterocycles. The standard InChI is InChI=1S/C13H15N5O/c19-12(18-7-1-2-8-18)9-16-11-4-3-10-13(17-11)15-6-5-14-10/h3-6H,1-2,7-9H2,(H,15,16,17). The van der Waals surface area contributed by atoms with Crippen LogP contribution in [-0.4, -0.2) is 45.4 Å². The summed E-state index contributed by atoms with van der Waals surface area (Å²) in [6.07, 6.45) is 5.45. The zero-order valence-electron chi connectivity index (χ0n) is 10.5. The Kier molecular flexibility index (Phi) is 3.22. The number of carbonyl (C=O) groups excluding carboxylic acids is 1. The molecule has 1 aliphatic heterocycles. The molecule has 0 atom stereocenters. The number of rotatable bonds is 3. The number of amides is 1. The van der Waals surface area contributed by atoms with E-state index in [1.807, 2.05) is 17.0 Å². The lowest BCUT2D eigenvalue weighted by Crippen LogP contribution is -2.33. The van der Waals surface area contributed by atoms with Crippen LogP contribution in [0.5, 0.6) is 0 Å². The second-order valence-electron chi connectivity index (χ2n) is 4.54. The summed E-state index contributed by atoms with van der Waals surface area (Å²) in [6.45, 7) is 2.02. The molecule has 6 heteroatoms. The van der Waals surface area contributed by atoms with Gasteiger partial charge in [0.25, 0.3) is 0 Å². The van der Waals surface area contributed by atoms with Gasteiger partial charge in [0, 0.05) is 25.5 Å². The quantitative estimate of drug-likeness (QED) is 0.890. The van der Waals surface area contributed by atoms with Crippen molar-refractivity contribution in [2.45, 2.75) is 12.8 Å². The fraction of sp³-hybridized carbons (Fsp3) is 0.385. The summed E-state index contributed by atoms with van der Waals surface area (Å²) in [5, 5.41) is 3.04. The Labute approximate surface area is 110 Å². The molecule has 1 amide bonds. The van der Waals surface area contributed by atoms with E-state index in [2.05, 4.69) is 20.3 Å². The predicted molar refractivity (Wildman–Crippen MR) is 71.6 cm³/mol. The zero-order valence-corrected chi connectivity index (χ0v) is 10.5. The van der Waals surface area contributed by atoms with Crippen molar-refractivity contribution in [3.8, 4) is 0 Å². The minimum Gasteiger partial charge on any atom is -0.361 e. The van der Waals surface area contributed by atoms with Gasteiger partial charge in [-0.2, -0.15) is 0 Å². The van der Waals surface area contributed by atoms with Crippen molar-refractivity contribution in [1.82, 2.24) is 19.9 Å². The average molecular weight is 257 g/mol. The monoisotopic (exact) mass is 257 g/mol. The van der Waals surface area contributed by atoms with Crippen molar-refractivity contribution in [3.63, 3.8) is 0 Å². The molecule has 1 fully saturated rings. The highest BCUT2D eigenvalue weighted by Gasteiger charge is 2.17. The van der Waals surface area contributed by atoms with Gasteiger partial charge in [-0.1, -0.05) is 0 Å². The fourth-order valence-electron chi connectivity index (χ4n) is 2.20. The Hall–Kier alpha value is -2.24. The number of aromatic nitrogens is 3. The van der Waals surface area contributed by atoms with Gasteiger partial charge in [0.2, 0.25) is 5.91 Å². The Bertz CT molecular complexity index is 594. The van der Waals surface area contributed by atoms with Gasteiger partial charge < -0.3 is 10.2 Å². The Morgan fingerprint density at radius 3 is 2.84 bits per heavy atom. The topological polar surface area (TPSA) is 71.0 Å². The summed E-state index contributed by atoms with van der Waals surface area (Å²) in [6, 6.07) is 3.66. The third-order valence-corrected chi connectivity index (χ3v) is 3.21. The van der Waals surface area contributed by atoms with Crippen LogP contribution in [0.1, 0.15) is 12.8 Å². The molecule has 0 radical (unpaired) electrons. The van der Waals surface area contributed by atoms with E-state index in [0.29, 0.717) is 11.5 Å². The number of anilines is 1. The van der Waals surface area contributed by atoms with Crippen LogP contribution in [0.4, 0.5) is 5.82 Å². The van der Waals surface area contributed by atoms with Gasteiger partial charge in [-0.05, 0) is 25.0 Å². The van der Waals surface area contributed by atoms with Crippen molar-refractivity contribution in [2.75, 3.05) is 25.0 Å². The summed E-state index contributed by atoms with van der Waals surface area (Å²) < 4.78 is 0. The molecule has 98 valence electrons. The molecule has 19 heavy (non-hydrogen) atoms. The molecule has 1 saturated heterocycles. The minimum absolute atomic E-state index is 0.124. The molecule has 1 aliphatic rings. The zero-order chi connectivity index (χ0) is 13.1. The first-order valence-electron chi connectivity index (χ1n) is 6.42. The minimum atomic E-state index is 0.124. The van der Waals surface area contributed by atoms with Gasteiger partial charge >= 0.3 is 0 Å². The van der Waals surface area contributed by atoms with Crippen LogP contribution in [0.15, 0.2) is 24.5 Å². The molecule has 0 spiro atoms.